The number of rotatable bonds is 0. The molecule has 0 fully saturated rings. The molecular weight excluding hydrogens is 206 g/mol. The molecular formula is C8H6BrNO. The molecule has 1 heterocycles. The van der Waals surface area contributed by atoms with Crippen LogP contribution in [0.25, 0.3) is 0 Å². The molecule has 0 unspecified atom stereocenters. The van der Waals surface area contributed by atoms with Gasteiger partial charge in [-0.15, -0.1) is 0 Å². The molecule has 1 amide bonds. The first-order valence-corrected chi connectivity index (χ1v) is 4.24. The van der Waals surface area contributed by atoms with Crippen molar-refractivity contribution in [2.45, 2.75) is 4.83 Å². The third-order valence-electron chi connectivity index (χ3n) is 1.72. The fraction of sp³-hybridized carbons (Fsp3) is 0.125. The molecule has 0 radical (unpaired) electrons. The normalized spacial score (nSPS) is 21.2. The van der Waals surface area contributed by atoms with Crippen LogP contribution >= 0.6 is 15.9 Å². The Morgan fingerprint density at radius 3 is 2.82 bits per heavy atom. The first kappa shape index (κ1) is 6.85. The third kappa shape index (κ3) is 0.959. The number of hydrogen-bond donors (Lipinski definition) is 1. The Bertz CT molecular complexity index is 311. The molecule has 0 saturated carbocycles. The van der Waals surface area contributed by atoms with Crippen LogP contribution < -0.4 is 5.32 Å². The number of halogens is 1. The summed E-state index contributed by atoms with van der Waals surface area (Å²) in [7, 11) is 0. The lowest BCUT2D eigenvalue weighted by Gasteiger charge is -1.95. The number of alkyl halides is 1. The summed E-state index contributed by atoms with van der Waals surface area (Å²) >= 11 is 3.29. The minimum Gasteiger partial charge on any atom is -0.325 e. The average Bonchev–Trinajstić information content (AvgIpc) is 2.30. The Morgan fingerprint density at radius 1 is 1.36 bits per heavy atom. The number of para-hydroxylation sites is 1. The van der Waals surface area contributed by atoms with Crippen LogP contribution in [0.15, 0.2) is 24.3 Å². The van der Waals surface area contributed by atoms with E-state index >= 15 is 0 Å². The predicted molar refractivity (Wildman–Crippen MR) is 46.7 cm³/mol. The van der Waals surface area contributed by atoms with Crippen LogP contribution in [0.3, 0.4) is 0 Å². The second-order valence-corrected chi connectivity index (χ2v) is 3.35. The fourth-order valence-electron chi connectivity index (χ4n) is 1.17. The zero-order valence-electron chi connectivity index (χ0n) is 5.67. The molecule has 0 spiro atoms. The highest BCUT2D eigenvalue weighted by Crippen LogP contribution is 2.35. The first-order chi connectivity index (χ1) is 5.29. The molecule has 1 atom stereocenters. The summed E-state index contributed by atoms with van der Waals surface area (Å²) in [6.45, 7) is 0. The zero-order valence-corrected chi connectivity index (χ0v) is 7.26. The molecule has 2 nitrogen and oxygen atoms in total. The third-order valence-corrected chi connectivity index (χ3v) is 2.63. The summed E-state index contributed by atoms with van der Waals surface area (Å²) in [6.07, 6.45) is 0. The van der Waals surface area contributed by atoms with Crippen molar-refractivity contribution < 1.29 is 4.79 Å². The van der Waals surface area contributed by atoms with E-state index in [9.17, 15) is 4.79 Å². The van der Waals surface area contributed by atoms with Crippen molar-refractivity contribution in [2.75, 3.05) is 5.32 Å². The molecule has 0 bridgehead atoms. The predicted octanol–water partition coefficient (Wildman–Crippen LogP) is 2.07. The van der Waals surface area contributed by atoms with E-state index in [1.54, 1.807) is 0 Å². The van der Waals surface area contributed by atoms with Gasteiger partial charge in [-0.1, -0.05) is 34.1 Å². The van der Waals surface area contributed by atoms with E-state index in [0.717, 1.165) is 11.3 Å². The second kappa shape index (κ2) is 2.34. The number of carbonyl (C=O) groups is 1. The highest BCUT2D eigenvalue weighted by atomic mass is 79.9. The molecule has 2 rings (SSSR count). The van der Waals surface area contributed by atoms with Gasteiger partial charge in [0.05, 0.1) is 0 Å². The standard InChI is InChI=1S/C8H6BrNO/c9-7-5-3-1-2-4-6(5)10-8(7)11/h1-4,7H,(H,10,11)/t7-/m1/s1. The van der Waals surface area contributed by atoms with Gasteiger partial charge in [0.25, 0.3) is 0 Å². The summed E-state index contributed by atoms with van der Waals surface area (Å²) in [5.41, 5.74) is 1.94. The Labute approximate surface area is 72.7 Å². The summed E-state index contributed by atoms with van der Waals surface area (Å²) in [4.78, 5) is 10.9. The minimum absolute atomic E-state index is 0.0196. The number of hydrogen-bond acceptors (Lipinski definition) is 1. The van der Waals surface area contributed by atoms with E-state index in [1.165, 1.54) is 0 Å². The molecule has 1 aromatic rings. The van der Waals surface area contributed by atoms with Gasteiger partial charge in [-0.3, -0.25) is 4.79 Å². The summed E-state index contributed by atoms with van der Waals surface area (Å²) in [6, 6.07) is 7.67. The highest BCUT2D eigenvalue weighted by molar-refractivity contribution is 9.09. The van der Waals surface area contributed by atoms with E-state index in [0.29, 0.717) is 0 Å². The van der Waals surface area contributed by atoms with E-state index in [4.69, 9.17) is 0 Å². The zero-order chi connectivity index (χ0) is 7.84. The van der Waals surface area contributed by atoms with Crippen molar-refractivity contribution in [3.8, 4) is 0 Å². The van der Waals surface area contributed by atoms with Crippen molar-refractivity contribution in [2.24, 2.45) is 0 Å². The van der Waals surface area contributed by atoms with Crippen LogP contribution in [-0.4, -0.2) is 5.91 Å². The van der Waals surface area contributed by atoms with Crippen LogP contribution in [-0.2, 0) is 4.79 Å². The summed E-state index contributed by atoms with van der Waals surface area (Å²) in [5, 5.41) is 2.76. The number of fused-ring (bicyclic) bond motifs is 1. The van der Waals surface area contributed by atoms with Crippen LogP contribution in [0.2, 0.25) is 0 Å². The number of amides is 1. The van der Waals surface area contributed by atoms with Crippen LogP contribution in [0.5, 0.6) is 0 Å². The lowest BCUT2D eigenvalue weighted by Crippen LogP contribution is -2.06. The van der Waals surface area contributed by atoms with Crippen molar-refractivity contribution in [1.29, 1.82) is 0 Å². The van der Waals surface area contributed by atoms with Gasteiger partial charge in [0, 0.05) is 5.69 Å². The van der Waals surface area contributed by atoms with E-state index in [-0.39, 0.29) is 10.7 Å². The Balaban J connectivity index is 2.55. The molecule has 1 N–H and O–H groups in total. The maximum Gasteiger partial charge on any atom is 0.242 e. The molecule has 1 aliphatic rings. The molecule has 0 saturated heterocycles. The molecule has 3 heteroatoms. The first-order valence-electron chi connectivity index (χ1n) is 3.33. The second-order valence-electron chi connectivity index (χ2n) is 2.44. The Kier molecular flexibility index (Phi) is 1.46. The van der Waals surface area contributed by atoms with Crippen molar-refractivity contribution >= 4 is 27.5 Å². The van der Waals surface area contributed by atoms with Gasteiger partial charge >= 0.3 is 0 Å². The molecule has 0 aromatic heterocycles. The Hall–Kier alpha value is -0.830. The average molecular weight is 212 g/mol. The minimum atomic E-state index is -0.168. The van der Waals surface area contributed by atoms with Crippen LogP contribution in [0.4, 0.5) is 5.69 Å². The molecule has 56 valence electrons. The van der Waals surface area contributed by atoms with Gasteiger partial charge in [-0.05, 0) is 11.6 Å². The maximum absolute atomic E-state index is 11.1. The van der Waals surface area contributed by atoms with E-state index in [2.05, 4.69) is 21.2 Å². The van der Waals surface area contributed by atoms with Crippen molar-refractivity contribution in [3.63, 3.8) is 0 Å². The van der Waals surface area contributed by atoms with Crippen molar-refractivity contribution in [3.05, 3.63) is 29.8 Å². The van der Waals surface area contributed by atoms with Gasteiger partial charge in [-0.25, -0.2) is 0 Å². The number of nitrogens with one attached hydrogen (secondary N) is 1. The molecule has 1 aromatic carbocycles. The monoisotopic (exact) mass is 211 g/mol. The van der Waals surface area contributed by atoms with Gasteiger partial charge < -0.3 is 5.32 Å². The Morgan fingerprint density at radius 2 is 2.09 bits per heavy atom. The van der Waals surface area contributed by atoms with Crippen LogP contribution in [0.1, 0.15) is 10.4 Å². The van der Waals surface area contributed by atoms with Gasteiger partial charge in [0.15, 0.2) is 0 Å². The molecule has 11 heavy (non-hydrogen) atoms. The summed E-state index contributed by atoms with van der Waals surface area (Å²) in [5.74, 6) is 0.0196. The van der Waals surface area contributed by atoms with Gasteiger partial charge in [-0.2, -0.15) is 0 Å². The molecule has 1 aliphatic heterocycles. The van der Waals surface area contributed by atoms with E-state index in [1.807, 2.05) is 24.3 Å². The van der Waals surface area contributed by atoms with E-state index < -0.39 is 0 Å². The lowest BCUT2D eigenvalue weighted by molar-refractivity contribution is -0.115. The number of benzene rings is 1. The quantitative estimate of drug-likeness (QED) is 0.655. The van der Waals surface area contributed by atoms with Gasteiger partial charge in [0.2, 0.25) is 5.91 Å². The largest absolute Gasteiger partial charge is 0.325 e. The lowest BCUT2D eigenvalue weighted by atomic mass is 10.2. The smallest absolute Gasteiger partial charge is 0.242 e. The molecule has 0 aliphatic carbocycles. The van der Waals surface area contributed by atoms with Crippen molar-refractivity contribution in [1.82, 2.24) is 0 Å². The maximum atomic E-state index is 11.1. The summed E-state index contributed by atoms with van der Waals surface area (Å²) < 4.78 is 0. The number of carbonyl (C=O) groups excluding carboxylic acids is 1. The fourth-order valence-corrected chi connectivity index (χ4v) is 1.68. The van der Waals surface area contributed by atoms with Gasteiger partial charge in [0.1, 0.15) is 4.83 Å². The highest BCUT2D eigenvalue weighted by Gasteiger charge is 2.26. The SMILES string of the molecule is O=C1Nc2ccccc2[C@H]1Br. The topological polar surface area (TPSA) is 29.1 Å². The number of anilines is 1. The van der Waals surface area contributed by atoms with Crippen LogP contribution in [0, 0.1) is 0 Å².